The van der Waals surface area contributed by atoms with Crippen LogP contribution in [0, 0.1) is 0 Å². The minimum Gasteiger partial charge on any atom is -0.393 e. The molecule has 0 saturated carbocycles. The predicted molar refractivity (Wildman–Crippen MR) is 74.3 cm³/mol. The highest BCUT2D eigenvalue weighted by Crippen LogP contribution is 2.17. The molecule has 19 heavy (non-hydrogen) atoms. The quantitative estimate of drug-likeness (QED) is 0.639. The van der Waals surface area contributed by atoms with E-state index in [-0.39, 0.29) is 18.7 Å². The summed E-state index contributed by atoms with van der Waals surface area (Å²) in [6, 6.07) is 0. The first kappa shape index (κ1) is 16.1. The molecule has 1 aromatic heterocycles. The Labute approximate surface area is 119 Å². The van der Waals surface area contributed by atoms with Gasteiger partial charge in [-0.05, 0) is 22.9 Å². The Hall–Kier alpha value is -0.960. The van der Waals surface area contributed by atoms with Crippen LogP contribution in [0.5, 0.6) is 0 Å². The SMILES string of the molecule is COCCn1ncc(NCC(C)(O)CO)c(Br)c1=O. The first-order chi connectivity index (χ1) is 8.91. The fourth-order valence-corrected chi connectivity index (χ4v) is 1.71. The molecule has 0 bridgehead atoms. The number of hydrogen-bond acceptors (Lipinski definition) is 6. The fourth-order valence-electron chi connectivity index (χ4n) is 1.27. The number of methoxy groups -OCH3 is 1. The molecule has 7 nitrogen and oxygen atoms in total. The predicted octanol–water partition coefficient (Wildman–Crippen LogP) is -0.193. The maximum Gasteiger partial charge on any atom is 0.283 e. The molecule has 108 valence electrons. The molecule has 0 aliphatic rings. The first-order valence-corrected chi connectivity index (χ1v) is 6.52. The molecule has 0 spiro atoms. The zero-order valence-electron chi connectivity index (χ0n) is 10.9. The molecule has 0 amide bonds. The minimum atomic E-state index is -1.26. The number of aliphatic hydroxyl groups excluding tert-OH is 1. The summed E-state index contributed by atoms with van der Waals surface area (Å²) in [6.07, 6.45) is 1.48. The molecule has 1 rings (SSSR count). The van der Waals surface area contributed by atoms with Crippen molar-refractivity contribution in [3.63, 3.8) is 0 Å². The summed E-state index contributed by atoms with van der Waals surface area (Å²) in [5, 5.41) is 25.5. The Balaban J connectivity index is 2.82. The highest BCUT2D eigenvalue weighted by molar-refractivity contribution is 9.10. The molecule has 3 N–H and O–H groups in total. The van der Waals surface area contributed by atoms with Crippen LogP contribution in [0.2, 0.25) is 0 Å². The van der Waals surface area contributed by atoms with E-state index in [2.05, 4.69) is 26.3 Å². The average molecular weight is 336 g/mol. The van der Waals surface area contributed by atoms with E-state index in [1.54, 1.807) is 7.11 Å². The zero-order valence-corrected chi connectivity index (χ0v) is 12.5. The second-order valence-corrected chi connectivity index (χ2v) is 5.19. The second kappa shape index (κ2) is 6.99. The number of nitrogens with one attached hydrogen (secondary N) is 1. The lowest BCUT2D eigenvalue weighted by atomic mass is 10.1. The second-order valence-electron chi connectivity index (χ2n) is 4.40. The van der Waals surface area contributed by atoms with Gasteiger partial charge in [0, 0.05) is 13.7 Å². The topological polar surface area (TPSA) is 96.6 Å². The molecule has 8 heteroatoms. The summed E-state index contributed by atoms with van der Waals surface area (Å²) in [5.41, 5.74) is -1.08. The van der Waals surface area contributed by atoms with Gasteiger partial charge in [-0.25, -0.2) is 4.68 Å². The first-order valence-electron chi connectivity index (χ1n) is 5.73. The number of ether oxygens (including phenoxy) is 1. The summed E-state index contributed by atoms with van der Waals surface area (Å²) < 4.78 is 6.49. The van der Waals surface area contributed by atoms with E-state index in [4.69, 9.17) is 9.84 Å². The third-order valence-electron chi connectivity index (χ3n) is 2.49. The van der Waals surface area contributed by atoms with E-state index in [1.807, 2.05) is 0 Å². The number of halogens is 1. The van der Waals surface area contributed by atoms with Crippen LogP contribution in [0.15, 0.2) is 15.5 Å². The van der Waals surface area contributed by atoms with Crippen molar-refractivity contribution in [1.82, 2.24) is 9.78 Å². The smallest absolute Gasteiger partial charge is 0.283 e. The van der Waals surface area contributed by atoms with Crippen LogP contribution in [0.25, 0.3) is 0 Å². The highest BCUT2D eigenvalue weighted by atomic mass is 79.9. The molecule has 1 atom stereocenters. The van der Waals surface area contributed by atoms with E-state index in [0.29, 0.717) is 23.3 Å². The van der Waals surface area contributed by atoms with Crippen LogP contribution < -0.4 is 10.9 Å². The van der Waals surface area contributed by atoms with Crippen molar-refractivity contribution < 1.29 is 14.9 Å². The Morgan fingerprint density at radius 2 is 2.32 bits per heavy atom. The molecular weight excluding hydrogens is 318 g/mol. The molecule has 1 aromatic rings. The highest BCUT2D eigenvalue weighted by Gasteiger charge is 2.19. The summed E-state index contributed by atoms with van der Waals surface area (Å²) in [7, 11) is 1.55. The summed E-state index contributed by atoms with van der Waals surface area (Å²) in [5.74, 6) is 0. The van der Waals surface area contributed by atoms with Crippen LogP contribution in [0.3, 0.4) is 0 Å². The normalized spacial score (nSPS) is 14.2. The van der Waals surface area contributed by atoms with E-state index in [0.717, 1.165) is 0 Å². The molecule has 0 fully saturated rings. The van der Waals surface area contributed by atoms with Gasteiger partial charge in [0.25, 0.3) is 5.56 Å². The van der Waals surface area contributed by atoms with E-state index >= 15 is 0 Å². The molecule has 0 aliphatic carbocycles. The van der Waals surface area contributed by atoms with Crippen LogP contribution in [-0.4, -0.2) is 52.5 Å². The lowest BCUT2D eigenvalue weighted by Crippen LogP contribution is -2.37. The van der Waals surface area contributed by atoms with Gasteiger partial charge in [-0.2, -0.15) is 5.10 Å². The van der Waals surface area contributed by atoms with Gasteiger partial charge in [-0.1, -0.05) is 0 Å². The van der Waals surface area contributed by atoms with Crippen molar-refractivity contribution in [3.05, 3.63) is 21.0 Å². The molecule has 1 unspecified atom stereocenters. The lowest BCUT2D eigenvalue weighted by Gasteiger charge is -2.21. The molecule has 1 heterocycles. The monoisotopic (exact) mass is 335 g/mol. The number of rotatable bonds is 7. The number of hydrogen-bond donors (Lipinski definition) is 3. The molecule has 0 saturated heterocycles. The van der Waals surface area contributed by atoms with Gasteiger partial charge in [0.2, 0.25) is 0 Å². The van der Waals surface area contributed by atoms with Gasteiger partial charge in [0.15, 0.2) is 0 Å². The standard InChI is InChI=1S/C11H18BrN3O4/c1-11(18,7-16)6-13-8-5-14-15(3-4-19-2)10(17)9(8)12/h5,13,16,18H,3-4,6-7H2,1-2H3. The average Bonchev–Trinajstić information content (AvgIpc) is 2.39. The Morgan fingerprint density at radius 1 is 1.63 bits per heavy atom. The summed E-state index contributed by atoms with van der Waals surface area (Å²) in [6.45, 7) is 1.97. The van der Waals surface area contributed by atoms with Crippen molar-refractivity contribution in [2.24, 2.45) is 0 Å². The molecule has 0 aliphatic heterocycles. The number of aliphatic hydroxyl groups is 2. The van der Waals surface area contributed by atoms with Gasteiger partial charge in [-0.15, -0.1) is 0 Å². The van der Waals surface area contributed by atoms with Crippen molar-refractivity contribution in [2.75, 3.05) is 32.2 Å². The third kappa shape index (κ3) is 4.57. The van der Waals surface area contributed by atoms with E-state index in [9.17, 15) is 9.90 Å². The van der Waals surface area contributed by atoms with Crippen LogP contribution in [0.4, 0.5) is 5.69 Å². The number of aromatic nitrogens is 2. The Bertz CT molecular complexity index is 475. The van der Waals surface area contributed by atoms with Crippen molar-refractivity contribution in [1.29, 1.82) is 0 Å². The molecule has 0 aromatic carbocycles. The zero-order chi connectivity index (χ0) is 14.5. The van der Waals surface area contributed by atoms with Gasteiger partial charge in [0.05, 0.1) is 31.6 Å². The van der Waals surface area contributed by atoms with Crippen molar-refractivity contribution in [2.45, 2.75) is 19.1 Å². The Morgan fingerprint density at radius 3 is 2.89 bits per heavy atom. The largest absolute Gasteiger partial charge is 0.393 e. The van der Waals surface area contributed by atoms with Gasteiger partial charge >= 0.3 is 0 Å². The van der Waals surface area contributed by atoms with Crippen LogP contribution in [-0.2, 0) is 11.3 Å². The number of nitrogens with zero attached hydrogens (tertiary/aromatic N) is 2. The van der Waals surface area contributed by atoms with Gasteiger partial charge < -0.3 is 20.3 Å². The Kier molecular flexibility index (Phi) is 5.92. The van der Waals surface area contributed by atoms with Crippen molar-refractivity contribution >= 4 is 21.6 Å². The van der Waals surface area contributed by atoms with Crippen LogP contribution >= 0.6 is 15.9 Å². The number of anilines is 1. The maximum absolute atomic E-state index is 11.9. The van der Waals surface area contributed by atoms with Gasteiger partial charge in [-0.3, -0.25) is 4.79 Å². The lowest BCUT2D eigenvalue weighted by molar-refractivity contribution is 0.0132. The summed E-state index contributed by atoms with van der Waals surface area (Å²) >= 11 is 3.19. The van der Waals surface area contributed by atoms with Crippen LogP contribution in [0.1, 0.15) is 6.92 Å². The third-order valence-corrected chi connectivity index (χ3v) is 3.26. The minimum absolute atomic E-state index is 0.102. The summed E-state index contributed by atoms with van der Waals surface area (Å²) in [4.78, 5) is 11.9. The van der Waals surface area contributed by atoms with Crippen molar-refractivity contribution in [3.8, 4) is 0 Å². The van der Waals surface area contributed by atoms with Gasteiger partial charge in [0.1, 0.15) is 10.1 Å². The maximum atomic E-state index is 11.9. The van der Waals surface area contributed by atoms with E-state index in [1.165, 1.54) is 17.8 Å². The van der Waals surface area contributed by atoms with E-state index < -0.39 is 5.60 Å². The molecular formula is C11H18BrN3O4. The fraction of sp³-hybridized carbons (Fsp3) is 0.636. The molecule has 0 radical (unpaired) electrons.